The lowest BCUT2D eigenvalue weighted by Gasteiger charge is -2.28. The number of likely N-dealkylation sites (tertiary alicyclic amines) is 1. The minimum absolute atomic E-state index is 0.0704. The molecule has 1 saturated carbocycles. The van der Waals surface area contributed by atoms with Crippen LogP contribution in [0.25, 0.3) is 0 Å². The molecular weight excluding hydrogens is 290 g/mol. The highest BCUT2D eigenvalue weighted by Gasteiger charge is 2.55. The van der Waals surface area contributed by atoms with Crippen LogP contribution in [0.2, 0.25) is 5.02 Å². The molecule has 2 unspecified atom stereocenters. The highest BCUT2D eigenvalue weighted by molar-refractivity contribution is 6.30. The first kappa shape index (κ1) is 14.4. The standard InChI is InChI=1S/C16H18ClNO3/c1-10-13(14(19)20)6-9-18(10)15(21)16(7-8-16)11-2-4-12(17)5-3-11/h2-5,10,13H,6-9H2,1H3,(H,19,20). The highest BCUT2D eigenvalue weighted by Crippen LogP contribution is 2.50. The summed E-state index contributed by atoms with van der Waals surface area (Å²) in [4.78, 5) is 25.8. The Morgan fingerprint density at radius 3 is 2.38 bits per heavy atom. The number of carboxylic acids is 1. The van der Waals surface area contributed by atoms with E-state index in [1.54, 1.807) is 17.0 Å². The Labute approximate surface area is 128 Å². The summed E-state index contributed by atoms with van der Waals surface area (Å²) in [5.74, 6) is -1.19. The van der Waals surface area contributed by atoms with Crippen molar-refractivity contribution < 1.29 is 14.7 Å². The van der Waals surface area contributed by atoms with Crippen molar-refractivity contribution in [2.75, 3.05) is 6.54 Å². The molecule has 1 aliphatic heterocycles. The summed E-state index contributed by atoms with van der Waals surface area (Å²) in [5, 5.41) is 9.85. The summed E-state index contributed by atoms with van der Waals surface area (Å²) in [7, 11) is 0. The SMILES string of the molecule is CC1C(C(=O)O)CCN1C(=O)C1(c2ccc(Cl)cc2)CC1. The quantitative estimate of drug-likeness (QED) is 0.934. The van der Waals surface area contributed by atoms with Crippen molar-refractivity contribution >= 4 is 23.5 Å². The molecule has 1 aromatic rings. The van der Waals surface area contributed by atoms with Crippen LogP contribution in [-0.4, -0.2) is 34.5 Å². The fraction of sp³-hybridized carbons (Fsp3) is 0.500. The van der Waals surface area contributed by atoms with Gasteiger partial charge in [-0.2, -0.15) is 0 Å². The Hall–Kier alpha value is -1.55. The van der Waals surface area contributed by atoms with Gasteiger partial charge in [0.2, 0.25) is 5.91 Å². The van der Waals surface area contributed by atoms with Crippen molar-refractivity contribution in [2.24, 2.45) is 5.92 Å². The van der Waals surface area contributed by atoms with E-state index < -0.39 is 17.3 Å². The average Bonchev–Trinajstić information content (AvgIpc) is 3.16. The van der Waals surface area contributed by atoms with E-state index in [1.165, 1.54) is 0 Å². The molecule has 1 amide bonds. The molecule has 1 aromatic carbocycles. The van der Waals surface area contributed by atoms with E-state index in [1.807, 2.05) is 19.1 Å². The van der Waals surface area contributed by atoms with Gasteiger partial charge >= 0.3 is 5.97 Å². The van der Waals surface area contributed by atoms with E-state index in [4.69, 9.17) is 11.6 Å². The van der Waals surface area contributed by atoms with Crippen LogP contribution in [0.1, 0.15) is 31.7 Å². The van der Waals surface area contributed by atoms with Crippen LogP contribution in [0.3, 0.4) is 0 Å². The predicted molar refractivity (Wildman–Crippen MR) is 79.3 cm³/mol. The molecule has 1 saturated heterocycles. The lowest BCUT2D eigenvalue weighted by molar-refractivity contribution is -0.143. The molecule has 0 radical (unpaired) electrons. The summed E-state index contributed by atoms with van der Waals surface area (Å²) in [5.41, 5.74) is 0.537. The zero-order chi connectivity index (χ0) is 15.2. The summed E-state index contributed by atoms with van der Waals surface area (Å²) in [6.07, 6.45) is 2.20. The number of halogens is 1. The van der Waals surface area contributed by atoms with Gasteiger partial charge in [-0.1, -0.05) is 23.7 Å². The molecule has 1 aliphatic carbocycles. The molecule has 1 heterocycles. The van der Waals surface area contributed by atoms with Crippen molar-refractivity contribution in [2.45, 2.75) is 37.6 Å². The van der Waals surface area contributed by atoms with Gasteiger partial charge in [-0.3, -0.25) is 9.59 Å². The topological polar surface area (TPSA) is 57.6 Å². The van der Waals surface area contributed by atoms with Crippen LogP contribution >= 0.6 is 11.6 Å². The number of benzene rings is 1. The number of carbonyl (C=O) groups is 2. The predicted octanol–water partition coefficient (Wildman–Crippen LogP) is 2.69. The monoisotopic (exact) mass is 307 g/mol. The fourth-order valence-corrected chi connectivity index (χ4v) is 3.48. The Kier molecular flexibility index (Phi) is 3.44. The van der Waals surface area contributed by atoms with Crippen LogP contribution in [-0.2, 0) is 15.0 Å². The molecule has 3 rings (SSSR count). The number of carbonyl (C=O) groups excluding carboxylic acids is 1. The van der Waals surface area contributed by atoms with Crippen LogP contribution in [0, 0.1) is 5.92 Å². The molecule has 2 fully saturated rings. The van der Waals surface area contributed by atoms with E-state index in [9.17, 15) is 14.7 Å². The van der Waals surface area contributed by atoms with Crippen LogP contribution in [0.15, 0.2) is 24.3 Å². The largest absolute Gasteiger partial charge is 0.481 e. The first-order valence-electron chi connectivity index (χ1n) is 7.25. The highest BCUT2D eigenvalue weighted by atomic mass is 35.5. The lowest BCUT2D eigenvalue weighted by Crippen LogP contribution is -2.43. The normalized spacial score (nSPS) is 26.7. The number of aliphatic carboxylic acids is 1. The van der Waals surface area contributed by atoms with Crippen molar-refractivity contribution in [1.29, 1.82) is 0 Å². The lowest BCUT2D eigenvalue weighted by atomic mass is 9.93. The summed E-state index contributed by atoms with van der Waals surface area (Å²) in [6.45, 7) is 2.37. The second-order valence-corrected chi connectivity index (χ2v) is 6.50. The number of hydrogen-bond donors (Lipinski definition) is 1. The summed E-state index contributed by atoms with van der Waals surface area (Å²) < 4.78 is 0. The first-order valence-corrected chi connectivity index (χ1v) is 7.63. The summed E-state index contributed by atoms with van der Waals surface area (Å²) in [6, 6.07) is 7.18. The third-order valence-corrected chi connectivity index (χ3v) is 5.14. The molecule has 112 valence electrons. The third kappa shape index (κ3) is 2.31. The Bertz CT molecular complexity index is 580. The molecule has 0 aromatic heterocycles. The number of nitrogens with zero attached hydrogens (tertiary/aromatic N) is 1. The van der Waals surface area contributed by atoms with Crippen molar-refractivity contribution in [1.82, 2.24) is 4.90 Å². The van der Waals surface area contributed by atoms with Crippen molar-refractivity contribution in [3.8, 4) is 0 Å². The van der Waals surface area contributed by atoms with E-state index in [0.29, 0.717) is 18.0 Å². The molecule has 1 N–H and O–H groups in total. The smallest absolute Gasteiger partial charge is 0.308 e. The van der Waals surface area contributed by atoms with Gasteiger partial charge in [-0.05, 0) is 43.9 Å². The molecule has 5 heteroatoms. The minimum atomic E-state index is -0.811. The molecule has 0 spiro atoms. The van der Waals surface area contributed by atoms with Gasteiger partial charge in [0, 0.05) is 17.6 Å². The number of amides is 1. The van der Waals surface area contributed by atoms with Gasteiger partial charge in [-0.15, -0.1) is 0 Å². The van der Waals surface area contributed by atoms with Gasteiger partial charge in [0.15, 0.2) is 0 Å². The van der Waals surface area contributed by atoms with Gasteiger partial charge < -0.3 is 10.0 Å². The molecular formula is C16H18ClNO3. The van der Waals surface area contributed by atoms with Gasteiger partial charge in [-0.25, -0.2) is 0 Å². The zero-order valence-corrected chi connectivity index (χ0v) is 12.6. The number of hydrogen-bond acceptors (Lipinski definition) is 2. The second kappa shape index (κ2) is 5.02. The Balaban J connectivity index is 1.82. The van der Waals surface area contributed by atoms with E-state index in [2.05, 4.69) is 0 Å². The number of rotatable bonds is 3. The van der Waals surface area contributed by atoms with Crippen LogP contribution in [0.4, 0.5) is 0 Å². The van der Waals surface area contributed by atoms with Gasteiger partial charge in [0.1, 0.15) is 0 Å². The van der Waals surface area contributed by atoms with Crippen LogP contribution in [0.5, 0.6) is 0 Å². The number of carboxylic acid groups (broad SMARTS) is 1. The Morgan fingerprint density at radius 1 is 1.29 bits per heavy atom. The second-order valence-electron chi connectivity index (χ2n) is 6.06. The first-order chi connectivity index (χ1) is 9.95. The van der Waals surface area contributed by atoms with Crippen molar-refractivity contribution in [3.63, 3.8) is 0 Å². The Morgan fingerprint density at radius 2 is 1.90 bits per heavy atom. The van der Waals surface area contributed by atoms with Gasteiger partial charge in [0.25, 0.3) is 0 Å². The van der Waals surface area contributed by atoms with Gasteiger partial charge in [0.05, 0.1) is 11.3 Å². The van der Waals surface area contributed by atoms with E-state index >= 15 is 0 Å². The fourth-order valence-electron chi connectivity index (χ4n) is 3.35. The maximum atomic E-state index is 12.9. The molecule has 2 atom stereocenters. The maximum Gasteiger partial charge on any atom is 0.308 e. The molecule has 21 heavy (non-hydrogen) atoms. The average molecular weight is 308 g/mol. The van der Waals surface area contributed by atoms with E-state index in [-0.39, 0.29) is 11.9 Å². The molecule has 4 nitrogen and oxygen atoms in total. The zero-order valence-electron chi connectivity index (χ0n) is 11.9. The summed E-state index contributed by atoms with van der Waals surface area (Å²) >= 11 is 5.91. The van der Waals surface area contributed by atoms with E-state index in [0.717, 1.165) is 18.4 Å². The minimum Gasteiger partial charge on any atom is -0.481 e. The maximum absolute atomic E-state index is 12.9. The van der Waals surface area contributed by atoms with Crippen LogP contribution < -0.4 is 0 Å². The van der Waals surface area contributed by atoms with Crippen molar-refractivity contribution in [3.05, 3.63) is 34.9 Å². The molecule has 2 aliphatic rings. The molecule has 0 bridgehead atoms. The third-order valence-electron chi connectivity index (χ3n) is 4.89.